The third-order valence-electron chi connectivity index (χ3n) is 4.10. The highest BCUT2D eigenvalue weighted by Gasteiger charge is 2.18. The fourth-order valence-corrected chi connectivity index (χ4v) is 2.79. The van der Waals surface area contributed by atoms with Crippen molar-refractivity contribution < 1.29 is 27.8 Å². The van der Waals surface area contributed by atoms with E-state index in [4.69, 9.17) is 4.74 Å². The molecule has 0 aromatic heterocycles. The Morgan fingerprint density at radius 2 is 1.62 bits per heavy atom. The van der Waals surface area contributed by atoms with Crippen LogP contribution in [0.15, 0.2) is 42.5 Å². The Morgan fingerprint density at radius 3 is 2.17 bits per heavy atom. The summed E-state index contributed by atoms with van der Waals surface area (Å²) in [5.41, 5.74) is 4.23. The van der Waals surface area contributed by atoms with Crippen LogP contribution in [0.4, 0.5) is 14.5 Å². The molecule has 1 atom stereocenters. The summed E-state index contributed by atoms with van der Waals surface area (Å²) in [5.74, 6) is -1.11. The van der Waals surface area contributed by atoms with Crippen molar-refractivity contribution in [2.24, 2.45) is 0 Å². The quantitative estimate of drug-likeness (QED) is 0.533. The van der Waals surface area contributed by atoms with Gasteiger partial charge in [-0.05, 0) is 62.6 Å². The molecule has 1 amide bonds. The van der Waals surface area contributed by atoms with E-state index in [1.54, 1.807) is 0 Å². The Balaban J connectivity index is 1.92. The molecule has 29 heavy (non-hydrogen) atoms. The minimum atomic E-state index is -2.90. The normalized spacial score (nSPS) is 12.1. The number of amides is 1. The summed E-state index contributed by atoms with van der Waals surface area (Å²) >= 11 is 0. The van der Waals surface area contributed by atoms with E-state index in [0.717, 1.165) is 22.8 Å². The fraction of sp³-hybridized carbons (Fsp3) is 0.273. The summed E-state index contributed by atoms with van der Waals surface area (Å²) in [6.07, 6.45) is 1.62. The van der Waals surface area contributed by atoms with Crippen molar-refractivity contribution in [2.75, 3.05) is 5.32 Å². The molecule has 154 valence electrons. The topological polar surface area (TPSA) is 64.6 Å². The zero-order chi connectivity index (χ0) is 21.6. The van der Waals surface area contributed by atoms with Crippen LogP contribution in [0.1, 0.15) is 29.2 Å². The number of alkyl halides is 2. The molecule has 0 fully saturated rings. The van der Waals surface area contributed by atoms with Gasteiger partial charge in [0, 0.05) is 11.8 Å². The molecule has 0 aliphatic carbocycles. The highest BCUT2D eigenvalue weighted by molar-refractivity contribution is 5.97. The van der Waals surface area contributed by atoms with E-state index in [0.29, 0.717) is 11.3 Å². The lowest BCUT2D eigenvalue weighted by molar-refractivity contribution is -0.148. The van der Waals surface area contributed by atoms with Crippen LogP contribution in [0.3, 0.4) is 0 Å². The summed E-state index contributed by atoms with van der Waals surface area (Å²) in [6, 6.07) is 9.67. The van der Waals surface area contributed by atoms with Crippen LogP contribution < -0.4 is 10.1 Å². The van der Waals surface area contributed by atoms with E-state index in [-0.39, 0.29) is 5.75 Å². The Morgan fingerprint density at radius 1 is 1.03 bits per heavy atom. The number of ether oxygens (including phenoxy) is 2. The molecule has 0 aliphatic heterocycles. The standard InChI is InChI=1S/C22H23F2NO4/c1-13-11-14(2)20(15(3)12-13)25-21(27)16(4)28-19(26)10-7-17-5-8-18(9-6-17)29-22(23)24/h5-12,16,22H,1-4H3,(H,25,27)/b10-7+/t16-/m0/s1. The molecule has 7 heteroatoms. The lowest BCUT2D eigenvalue weighted by atomic mass is 10.0. The monoisotopic (exact) mass is 403 g/mol. The van der Waals surface area contributed by atoms with Gasteiger partial charge in [-0.25, -0.2) is 4.79 Å². The van der Waals surface area contributed by atoms with Crippen molar-refractivity contribution in [1.82, 2.24) is 0 Å². The van der Waals surface area contributed by atoms with E-state index in [1.807, 2.05) is 32.9 Å². The number of halogens is 2. The van der Waals surface area contributed by atoms with Gasteiger partial charge in [-0.3, -0.25) is 4.79 Å². The molecule has 2 aromatic carbocycles. The second-order valence-corrected chi connectivity index (χ2v) is 6.62. The Hall–Kier alpha value is -3.22. The van der Waals surface area contributed by atoms with Gasteiger partial charge in [0.05, 0.1) is 0 Å². The molecule has 5 nitrogen and oxygen atoms in total. The van der Waals surface area contributed by atoms with Crippen LogP contribution in [-0.4, -0.2) is 24.6 Å². The average Bonchev–Trinajstić information content (AvgIpc) is 2.63. The minimum Gasteiger partial charge on any atom is -0.449 e. The molecule has 1 N–H and O–H groups in total. The summed E-state index contributed by atoms with van der Waals surface area (Å²) in [6.45, 7) is 4.35. The van der Waals surface area contributed by atoms with Gasteiger partial charge in [-0.15, -0.1) is 0 Å². The summed E-state index contributed by atoms with van der Waals surface area (Å²) in [7, 11) is 0. The smallest absolute Gasteiger partial charge is 0.387 e. The Bertz CT molecular complexity index is 885. The molecule has 0 saturated carbocycles. The number of rotatable bonds is 7. The Kier molecular flexibility index (Phi) is 7.47. The van der Waals surface area contributed by atoms with Crippen LogP contribution in [0.5, 0.6) is 5.75 Å². The number of nitrogens with one attached hydrogen (secondary N) is 1. The van der Waals surface area contributed by atoms with Gasteiger partial charge in [-0.1, -0.05) is 29.8 Å². The number of hydrogen-bond acceptors (Lipinski definition) is 4. The van der Waals surface area contributed by atoms with Gasteiger partial charge >= 0.3 is 12.6 Å². The zero-order valence-electron chi connectivity index (χ0n) is 16.7. The molecular formula is C22H23F2NO4. The van der Waals surface area contributed by atoms with Crippen LogP contribution >= 0.6 is 0 Å². The highest BCUT2D eigenvalue weighted by atomic mass is 19.3. The van der Waals surface area contributed by atoms with E-state index >= 15 is 0 Å². The second-order valence-electron chi connectivity index (χ2n) is 6.62. The van der Waals surface area contributed by atoms with E-state index in [2.05, 4.69) is 10.1 Å². The first-order chi connectivity index (χ1) is 13.7. The third kappa shape index (κ3) is 6.71. The van der Waals surface area contributed by atoms with E-state index in [9.17, 15) is 18.4 Å². The number of hydrogen-bond donors (Lipinski definition) is 1. The van der Waals surface area contributed by atoms with Gasteiger partial charge in [0.15, 0.2) is 6.10 Å². The molecule has 0 radical (unpaired) electrons. The summed E-state index contributed by atoms with van der Waals surface area (Å²) < 4.78 is 33.6. The maximum atomic E-state index is 12.3. The number of carbonyl (C=O) groups is 2. The van der Waals surface area contributed by atoms with Crippen LogP contribution in [0.25, 0.3) is 6.08 Å². The number of benzene rings is 2. The van der Waals surface area contributed by atoms with E-state index < -0.39 is 24.6 Å². The first kappa shape index (κ1) is 22.1. The van der Waals surface area contributed by atoms with Gasteiger partial charge in [0.2, 0.25) is 0 Å². The van der Waals surface area contributed by atoms with Crippen LogP contribution in [0, 0.1) is 20.8 Å². The van der Waals surface area contributed by atoms with Gasteiger partial charge in [0.25, 0.3) is 5.91 Å². The number of anilines is 1. The van der Waals surface area contributed by atoms with Crippen molar-refractivity contribution in [3.05, 3.63) is 64.7 Å². The predicted molar refractivity (Wildman–Crippen MR) is 107 cm³/mol. The largest absolute Gasteiger partial charge is 0.449 e. The predicted octanol–water partition coefficient (Wildman–Crippen LogP) is 4.80. The molecule has 2 aromatic rings. The van der Waals surface area contributed by atoms with Gasteiger partial charge in [0.1, 0.15) is 5.75 Å². The third-order valence-corrected chi connectivity index (χ3v) is 4.10. The number of esters is 1. The summed E-state index contributed by atoms with van der Waals surface area (Å²) in [4.78, 5) is 24.3. The molecule has 2 rings (SSSR count). The van der Waals surface area contributed by atoms with Crippen molar-refractivity contribution in [2.45, 2.75) is 40.4 Å². The molecule has 0 unspecified atom stereocenters. The maximum Gasteiger partial charge on any atom is 0.387 e. The lowest BCUT2D eigenvalue weighted by Crippen LogP contribution is -2.30. The maximum absolute atomic E-state index is 12.3. The molecule has 0 saturated heterocycles. The van der Waals surface area contributed by atoms with Crippen LogP contribution in [0.2, 0.25) is 0 Å². The van der Waals surface area contributed by atoms with Crippen molar-refractivity contribution in [3.63, 3.8) is 0 Å². The molecule has 0 spiro atoms. The van der Waals surface area contributed by atoms with E-state index in [1.165, 1.54) is 37.3 Å². The minimum absolute atomic E-state index is 0.0201. The SMILES string of the molecule is Cc1cc(C)c(NC(=O)[C@H](C)OC(=O)/C=C/c2ccc(OC(F)F)cc2)c(C)c1. The van der Waals surface area contributed by atoms with Crippen molar-refractivity contribution in [3.8, 4) is 5.75 Å². The number of carbonyl (C=O) groups excluding carboxylic acids is 2. The molecular weight excluding hydrogens is 380 g/mol. The van der Waals surface area contributed by atoms with Crippen molar-refractivity contribution in [1.29, 1.82) is 0 Å². The lowest BCUT2D eigenvalue weighted by Gasteiger charge is -2.16. The van der Waals surface area contributed by atoms with Gasteiger partial charge < -0.3 is 14.8 Å². The van der Waals surface area contributed by atoms with Crippen molar-refractivity contribution >= 4 is 23.6 Å². The fourth-order valence-electron chi connectivity index (χ4n) is 2.79. The molecule has 0 heterocycles. The van der Waals surface area contributed by atoms with Crippen LogP contribution in [-0.2, 0) is 14.3 Å². The highest BCUT2D eigenvalue weighted by Crippen LogP contribution is 2.22. The average molecular weight is 403 g/mol. The number of aryl methyl sites for hydroxylation is 3. The molecule has 0 bridgehead atoms. The Labute approximate surface area is 168 Å². The van der Waals surface area contributed by atoms with Gasteiger partial charge in [-0.2, -0.15) is 8.78 Å². The summed E-state index contributed by atoms with van der Waals surface area (Å²) in [5, 5.41) is 2.79. The first-order valence-electron chi connectivity index (χ1n) is 8.98. The first-order valence-corrected chi connectivity index (χ1v) is 8.98. The zero-order valence-corrected chi connectivity index (χ0v) is 16.7. The second kappa shape index (κ2) is 9.82. The molecule has 0 aliphatic rings.